The molecule has 0 saturated heterocycles. The van der Waals surface area contributed by atoms with Crippen molar-refractivity contribution < 1.29 is 13.2 Å². The fraction of sp³-hybridized carbons (Fsp3) is 0.571. The van der Waals surface area contributed by atoms with Gasteiger partial charge in [0.2, 0.25) is 5.78 Å². The summed E-state index contributed by atoms with van der Waals surface area (Å²) in [7, 11) is -3.06. The molecule has 1 unspecified atom stereocenters. The van der Waals surface area contributed by atoms with Gasteiger partial charge in [0.1, 0.15) is 9.84 Å². The normalized spacial score (nSPS) is 13.4. The highest BCUT2D eigenvalue weighted by Crippen LogP contribution is 1.94. The van der Waals surface area contributed by atoms with Gasteiger partial charge in [-0.15, -0.1) is 6.42 Å². The Kier molecular flexibility index (Phi) is 3.93. The van der Waals surface area contributed by atoms with Crippen molar-refractivity contribution in [2.45, 2.75) is 12.5 Å². The summed E-state index contributed by atoms with van der Waals surface area (Å²) >= 11 is 0. The largest absolute Gasteiger partial charge is 0.321 e. The van der Waals surface area contributed by atoms with Crippen molar-refractivity contribution in [3.05, 3.63) is 0 Å². The third-order valence-corrected chi connectivity index (χ3v) is 2.26. The van der Waals surface area contributed by atoms with Gasteiger partial charge in [-0.05, 0) is 12.3 Å². The summed E-state index contributed by atoms with van der Waals surface area (Å²) in [6.07, 6.45) is 5.95. The topological polar surface area (TPSA) is 77.2 Å². The van der Waals surface area contributed by atoms with Crippen molar-refractivity contribution >= 4 is 15.6 Å². The minimum absolute atomic E-state index is 0.0852. The molecule has 12 heavy (non-hydrogen) atoms. The molecular weight excluding hydrogens is 178 g/mol. The molecule has 0 aromatic heterocycles. The number of carbonyl (C=O) groups is 1. The van der Waals surface area contributed by atoms with Gasteiger partial charge in [-0.25, -0.2) is 8.42 Å². The summed E-state index contributed by atoms with van der Waals surface area (Å²) in [5.41, 5.74) is 5.28. The maximum absolute atomic E-state index is 10.7. The van der Waals surface area contributed by atoms with E-state index in [4.69, 9.17) is 12.2 Å². The monoisotopic (exact) mass is 189 g/mol. The van der Waals surface area contributed by atoms with Gasteiger partial charge in [-0.3, -0.25) is 4.79 Å². The second-order valence-electron chi connectivity index (χ2n) is 2.53. The van der Waals surface area contributed by atoms with E-state index in [0.717, 1.165) is 6.26 Å². The van der Waals surface area contributed by atoms with Gasteiger partial charge in [0.25, 0.3) is 0 Å². The lowest BCUT2D eigenvalue weighted by atomic mass is 10.1. The molecule has 5 heteroatoms. The summed E-state index contributed by atoms with van der Waals surface area (Å²) in [5.74, 6) is 1.18. The second kappa shape index (κ2) is 4.24. The molecule has 0 heterocycles. The fourth-order valence-electron chi connectivity index (χ4n) is 0.579. The number of Topliss-reactive ketones (excluding diaryl/α,β-unsaturated/α-hetero) is 1. The highest BCUT2D eigenvalue weighted by molar-refractivity contribution is 7.90. The lowest BCUT2D eigenvalue weighted by Gasteiger charge is -2.04. The molecule has 4 nitrogen and oxygen atoms in total. The Labute approximate surface area is 72.1 Å². The Balaban J connectivity index is 3.98. The first-order valence-electron chi connectivity index (χ1n) is 3.30. The van der Waals surface area contributed by atoms with Crippen LogP contribution in [0.2, 0.25) is 0 Å². The molecule has 68 valence electrons. The van der Waals surface area contributed by atoms with Gasteiger partial charge in [0.05, 0.1) is 11.8 Å². The molecule has 0 aliphatic heterocycles. The first-order chi connectivity index (χ1) is 5.37. The van der Waals surface area contributed by atoms with Crippen LogP contribution in [0.3, 0.4) is 0 Å². The van der Waals surface area contributed by atoms with E-state index < -0.39 is 21.7 Å². The first-order valence-corrected chi connectivity index (χ1v) is 5.36. The van der Waals surface area contributed by atoms with Crippen molar-refractivity contribution in [3.63, 3.8) is 0 Å². The molecule has 0 aliphatic rings. The highest BCUT2D eigenvalue weighted by atomic mass is 32.2. The number of sulfone groups is 1. The van der Waals surface area contributed by atoms with Crippen LogP contribution in [0.4, 0.5) is 0 Å². The summed E-state index contributed by atoms with van der Waals surface area (Å²) in [4.78, 5) is 10.7. The minimum atomic E-state index is -3.06. The first kappa shape index (κ1) is 11.1. The molecule has 2 N–H and O–H groups in total. The SMILES string of the molecule is C#CC(=O)C(N)CCS(C)(=O)=O. The van der Waals surface area contributed by atoms with Crippen LogP contribution in [-0.4, -0.2) is 32.3 Å². The average molecular weight is 189 g/mol. The van der Waals surface area contributed by atoms with E-state index in [9.17, 15) is 13.2 Å². The van der Waals surface area contributed by atoms with Crippen LogP contribution in [0.15, 0.2) is 0 Å². The summed E-state index contributed by atoms with van der Waals surface area (Å²) in [6.45, 7) is 0. The summed E-state index contributed by atoms with van der Waals surface area (Å²) in [6, 6.07) is -0.857. The van der Waals surface area contributed by atoms with Gasteiger partial charge in [-0.2, -0.15) is 0 Å². The number of terminal acetylenes is 1. The molecule has 0 aromatic carbocycles. The molecule has 0 bridgehead atoms. The molecule has 0 amide bonds. The van der Waals surface area contributed by atoms with Crippen LogP contribution in [0.25, 0.3) is 0 Å². The fourth-order valence-corrected chi connectivity index (χ4v) is 1.26. The molecule has 0 fully saturated rings. The van der Waals surface area contributed by atoms with Crippen LogP contribution in [0.1, 0.15) is 6.42 Å². The molecule has 0 saturated carbocycles. The predicted octanol–water partition coefficient (Wildman–Crippen LogP) is -1.05. The standard InChI is InChI=1S/C7H11NO3S/c1-3-7(9)6(8)4-5-12(2,10)11/h1,6H,4-5,8H2,2H3. The third kappa shape index (κ3) is 4.88. The van der Waals surface area contributed by atoms with E-state index in [1.165, 1.54) is 0 Å². The summed E-state index contributed by atoms with van der Waals surface area (Å²) < 4.78 is 21.3. The quantitative estimate of drug-likeness (QED) is 0.452. The predicted molar refractivity (Wildman–Crippen MR) is 46.1 cm³/mol. The molecule has 0 aromatic rings. The minimum Gasteiger partial charge on any atom is -0.321 e. The van der Waals surface area contributed by atoms with E-state index in [1.807, 2.05) is 5.92 Å². The average Bonchev–Trinajstić information content (AvgIpc) is 1.97. The number of carbonyl (C=O) groups excluding carboxylic acids is 1. The zero-order valence-corrected chi connectivity index (χ0v) is 7.60. The zero-order valence-electron chi connectivity index (χ0n) is 6.78. The van der Waals surface area contributed by atoms with E-state index in [1.54, 1.807) is 0 Å². The van der Waals surface area contributed by atoms with Crippen LogP contribution >= 0.6 is 0 Å². The van der Waals surface area contributed by atoms with Crippen LogP contribution in [0, 0.1) is 12.3 Å². The van der Waals surface area contributed by atoms with Crippen molar-refractivity contribution in [3.8, 4) is 12.3 Å². The van der Waals surface area contributed by atoms with Crippen LogP contribution < -0.4 is 5.73 Å². The van der Waals surface area contributed by atoms with Gasteiger partial charge >= 0.3 is 0 Å². The maximum Gasteiger partial charge on any atom is 0.221 e. The van der Waals surface area contributed by atoms with Gasteiger partial charge in [-0.1, -0.05) is 0 Å². The number of nitrogens with two attached hydrogens (primary N) is 1. The van der Waals surface area contributed by atoms with Crippen molar-refractivity contribution in [2.75, 3.05) is 12.0 Å². The Hall–Kier alpha value is -0.860. The molecule has 0 spiro atoms. The molecule has 1 atom stereocenters. The third-order valence-electron chi connectivity index (χ3n) is 1.28. The second-order valence-corrected chi connectivity index (χ2v) is 4.79. The number of rotatable bonds is 4. The van der Waals surface area contributed by atoms with Crippen LogP contribution in [-0.2, 0) is 14.6 Å². The lowest BCUT2D eigenvalue weighted by Crippen LogP contribution is -2.31. The van der Waals surface area contributed by atoms with Crippen molar-refractivity contribution in [2.24, 2.45) is 5.73 Å². The Morgan fingerprint density at radius 3 is 2.50 bits per heavy atom. The van der Waals surface area contributed by atoms with Crippen LogP contribution in [0.5, 0.6) is 0 Å². The molecule has 0 radical (unpaired) electrons. The summed E-state index contributed by atoms with van der Waals surface area (Å²) in [5, 5.41) is 0. The zero-order chi connectivity index (χ0) is 9.78. The molecular formula is C7H11NO3S. The van der Waals surface area contributed by atoms with Crippen molar-refractivity contribution in [1.29, 1.82) is 0 Å². The van der Waals surface area contributed by atoms with Gasteiger partial charge in [0.15, 0.2) is 0 Å². The van der Waals surface area contributed by atoms with E-state index in [0.29, 0.717) is 0 Å². The van der Waals surface area contributed by atoms with E-state index in [-0.39, 0.29) is 12.2 Å². The Morgan fingerprint density at radius 1 is 1.67 bits per heavy atom. The number of hydrogen-bond acceptors (Lipinski definition) is 4. The molecule has 0 rings (SSSR count). The van der Waals surface area contributed by atoms with Gasteiger partial charge in [0, 0.05) is 6.26 Å². The van der Waals surface area contributed by atoms with Gasteiger partial charge < -0.3 is 5.73 Å². The van der Waals surface area contributed by atoms with E-state index in [2.05, 4.69) is 0 Å². The van der Waals surface area contributed by atoms with Crippen molar-refractivity contribution in [1.82, 2.24) is 0 Å². The Morgan fingerprint density at radius 2 is 2.17 bits per heavy atom. The lowest BCUT2D eigenvalue weighted by molar-refractivity contribution is -0.115. The van der Waals surface area contributed by atoms with E-state index >= 15 is 0 Å². The number of ketones is 1. The maximum atomic E-state index is 10.7. The highest BCUT2D eigenvalue weighted by Gasteiger charge is 2.13. The Bertz CT molecular complexity index is 299. The smallest absolute Gasteiger partial charge is 0.221 e. The molecule has 0 aliphatic carbocycles. The number of hydrogen-bond donors (Lipinski definition) is 1.